The van der Waals surface area contributed by atoms with Crippen LogP contribution in [0.1, 0.15) is 21.7 Å². The Kier molecular flexibility index (Phi) is 4.94. The first kappa shape index (κ1) is 16.5. The van der Waals surface area contributed by atoms with Gasteiger partial charge < -0.3 is 14.8 Å². The van der Waals surface area contributed by atoms with Gasteiger partial charge in [0.25, 0.3) is 5.91 Å². The van der Waals surface area contributed by atoms with Gasteiger partial charge in [0, 0.05) is 18.2 Å². The lowest BCUT2D eigenvalue weighted by Crippen LogP contribution is -2.12. The number of nitrogens with zero attached hydrogens (tertiary/aromatic N) is 2. The zero-order valence-corrected chi connectivity index (χ0v) is 13.9. The first-order valence-electron chi connectivity index (χ1n) is 7.66. The molecular formula is C18H18N4O3. The lowest BCUT2D eigenvalue weighted by molar-refractivity contribution is 0.102. The second kappa shape index (κ2) is 7.48. The van der Waals surface area contributed by atoms with E-state index in [1.54, 1.807) is 25.3 Å². The lowest BCUT2D eigenvalue weighted by atomic mass is 10.1. The fourth-order valence-corrected chi connectivity index (χ4v) is 2.30. The molecule has 0 spiro atoms. The Morgan fingerprint density at radius 2 is 1.92 bits per heavy atom. The van der Waals surface area contributed by atoms with E-state index in [0.29, 0.717) is 23.7 Å². The number of aromatic nitrogens is 3. The van der Waals surface area contributed by atoms with Gasteiger partial charge in [0.2, 0.25) is 5.88 Å². The number of ether oxygens (including phenoxy) is 2. The predicted molar refractivity (Wildman–Crippen MR) is 93.1 cm³/mol. The number of hydrogen-bond acceptors (Lipinski definition) is 5. The summed E-state index contributed by atoms with van der Waals surface area (Å²) in [5.74, 6) is 0.991. The van der Waals surface area contributed by atoms with E-state index in [1.165, 1.54) is 13.3 Å². The van der Waals surface area contributed by atoms with Crippen molar-refractivity contribution in [3.05, 3.63) is 65.6 Å². The highest BCUT2D eigenvalue weighted by Gasteiger charge is 2.11. The quantitative estimate of drug-likeness (QED) is 0.721. The Balaban J connectivity index is 1.64. The van der Waals surface area contributed by atoms with Crippen molar-refractivity contribution in [1.82, 2.24) is 15.2 Å². The number of methoxy groups -OCH3 is 2. The van der Waals surface area contributed by atoms with Crippen LogP contribution in [0.2, 0.25) is 0 Å². The van der Waals surface area contributed by atoms with E-state index in [2.05, 4.69) is 20.5 Å². The van der Waals surface area contributed by atoms with Gasteiger partial charge in [-0.15, -0.1) is 0 Å². The summed E-state index contributed by atoms with van der Waals surface area (Å²) < 4.78 is 10.1. The van der Waals surface area contributed by atoms with Crippen molar-refractivity contribution < 1.29 is 14.3 Å². The number of anilines is 1. The number of rotatable bonds is 6. The zero-order chi connectivity index (χ0) is 17.6. The largest absolute Gasteiger partial charge is 0.497 e. The summed E-state index contributed by atoms with van der Waals surface area (Å²) in [4.78, 5) is 16.3. The van der Waals surface area contributed by atoms with E-state index in [1.807, 2.05) is 24.3 Å². The molecule has 3 aromatic rings. The third-order valence-corrected chi connectivity index (χ3v) is 3.62. The van der Waals surface area contributed by atoms with Gasteiger partial charge in [-0.3, -0.25) is 9.89 Å². The normalized spacial score (nSPS) is 10.3. The number of nitrogens with one attached hydrogen (secondary N) is 2. The number of benzene rings is 1. The topological polar surface area (TPSA) is 89.1 Å². The molecule has 0 aliphatic carbocycles. The van der Waals surface area contributed by atoms with E-state index >= 15 is 0 Å². The fraction of sp³-hybridized carbons (Fsp3) is 0.167. The third-order valence-electron chi connectivity index (χ3n) is 3.62. The molecule has 0 bridgehead atoms. The molecule has 2 N–H and O–H groups in total. The van der Waals surface area contributed by atoms with Crippen LogP contribution in [0.15, 0.2) is 48.7 Å². The first-order chi connectivity index (χ1) is 12.2. The SMILES string of the molecule is COc1ccc(Cc2cc(C(=O)Nc3ccc(OC)nc3)n[nH]2)cc1. The summed E-state index contributed by atoms with van der Waals surface area (Å²) in [6.45, 7) is 0. The lowest BCUT2D eigenvalue weighted by Gasteiger charge is -2.03. The molecule has 7 nitrogen and oxygen atoms in total. The Labute approximate surface area is 145 Å². The monoisotopic (exact) mass is 338 g/mol. The van der Waals surface area contributed by atoms with Crippen LogP contribution in [0.4, 0.5) is 5.69 Å². The minimum atomic E-state index is -0.302. The molecule has 0 aliphatic rings. The number of carbonyl (C=O) groups is 1. The van der Waals surface area contributed by atoms with Crippen LogP contribution in [0.25, 0.3) is 0 Å². The molecule has 0 unspecified atom stereocenters. The van der Waals surface area contributed by atoms with Crippen molar-refractivity contribution in [2.24, 2.45) is 0 Å². The summed E-state index contributed by atoms with van der Waals surface area (Å²) in [6.07, 6.45) is 2.18. The predicted octanol–water partition coefficient (Wildman–Crippen LogP) is 2.67. The maximum absolute atomic E-state index is 12.2. The van der Waals surface area contributed by atoms with Crippen LogP contribution in [0, 0.1) is 0 Å². The average Bonchev–Trinajstić information content (AvgIpc) is 3.12. The van der Waals surface area contributed by atoms with E-state index in [-0.39, 0.29) is 5.91 Å². The molecule has 0 aliphatic heterocycles. The Morgan fingerprint density at radius 3 is 2.56 bits per heavy atom. The maximum atomic E-state index is 12.2. The van der Waals surface area contributed by atoms with E-state index in [4.69, 9.17) is 9.47 Å². The van der Waals surface area contributed by atoms with Gasteiger partial charge in [-0.25, -0.2) is 4.98 Å². The molecular weight excluding hydrogens is 320 g/mol. The summed E-state index contributed by atoms with van der Waals surface area (Å²) >= 11 is 0. The highest BCUT2D eigenvalue weighted by Crippen LogP contribution is 2.15. The molecule has 0 fully saturated rings. The van der Waals surface area contributed by atoms with Gasteiger partial charge in [-0.2, -0.15) is 5.10 Å². The fourth-order valence-electron chi connectivity index (χ4n) is 2.30. The molecule has 1 aromatic carbocycles. The molecule has 0 saturated heterocycles. The van der Waals surface area contributed by atoms with Crippen LogP contribution in [0.5, 0.6) is 11.6 Å². The number of hydrogen-bond donors (Lipinski definition) is 2. The van der Waals surface area contributed by atoms with Crippen molar-refractivity contribution in [3.8, 4) is 11.6 Å². The Hall–Kier alpha value is -3.35. The van der Waals surface area contributed by atoms with Crippen molar-refractivity contribution in [3.63, 3.8) is 0 Å². The Morgan fingerprint density at radius 1 is 1.12 bits per heavy atom. The van der Waals surface area contributed by atoms with Gasteiger partial charge in [0.05, 0.1) is 26.1 Å². The van der Waals surface area contributed by atoms with E-state index < -0.39 is 0 Å². The van der Waals surface area contributed by atoms with Gasteiger partial charge in [0.15, 0.2) is 5.69 Å². The van der Waals surface area contributed by atoms with E-state index in [9.17, 15) is 4.79 Å². The average molecular weight is 338 g/mol. The number of aromatic amines is 1. The molecule has 0 saturated carbocycles. The van der Waals surface area contributed by atoms with Gasteiger partial charge in [-0.1, -0.05) is 12.1 Å². The van der Waals surface area contributed by atoms with Crippen LogP contribution in [-0.2, 0) is 6.42 Å². The maximum Gasteiger partial charge on any atom is 0.276 e. The molecule has 3 rings (SSSR count). The highest BCUT2D eigenvalue weighted by atomic mass is 16.5. The standard InChI is InChI=1S/C18H18N4O3/c1-24-15-6-3-12(4-7-15)9-14-10-16(22-21-14)18(23)20-13-5-8-17(25-2)19-11-13/h3-8,10-11H,9H2,1-2H3,(H,20,23)(H,21,22). The van der Waals surface area contributed by atoms with Crippen molar-refractivity contribution in [1.29, 1.82) is 0 Å². The van der Waals surface area contributed by atoms with Crippen LogP contribution >= 0.6 is 0 Å². The smallest absolute Gasteiger partial charge is 0.276 e. The van der Waals surface area contributed by atoms with Crippen LogP contribution < -0.4 is 14.8 Å². The molecule has 2 heterocycles. The molecule has 7 heteroatoms. The summed E-state index contributed by atoms with van der Waals surface area (Å²) in [7, 11) is 3.17. The molecule has 128 valence electrons. The number of pyridine rings is 1. The molecule has 0 atom stereocenters. The number of H-pyrrole nitrogens is 1. The minimum absolute atomic E-state index is 0.302. The van der Waals surface area contributed by atoms with Gasteiger partial charge in [0.1, 0.15) is 5.75 Å². The summed E-state index contributed by atoms with van der Waals surface area (Å²) in [5, 5.41) is 9.70. The second-order valence-corrected chi connectivity index (χ2v) is 5.35. The molecule has 25 heavy (non-hydrogen) atoms. The number of carbonyl (C=O) groups excluding carboxylic acids is 1. The summed E-state index contributed by atoms with van der Waals surface area (Å²) in [6, 6.07) is 12.9. The molecule has 1 amide bonds. The molecule has 0 radical (unpaired) electrons. The van der Waals surface area contributed by atoms with Crippen molar-refractivity contribution in [2.75, 3.05) is 19.5 Å². The second-order valence-electron chi connectivity index (χ2n) is 5.35. The molecule has 2 aromatic heterocycles. The minimum Gasteiger partial charge on any atom is -0.497 e. The van der Waals surface area contributed by atoms with E-state index in [0.717, 1.165) is 17.0 Å². The van der Waals surface area contributed by atoms with Crippen LogP contribution in [0.3, 0.4) is 0 Å². The Bertz CT molecular complexity index is 842. The zero-order valence-electron chi connectivity index (χ0n) is 13.9. The third kappa shape index (κ3) is 4.14. The van der Waals surface area contributed by atoms with Crippen molar-refractivity contribution in [2.45, 2.75) is 6.42 Å². The van der Waals surface area contributed by atoms with Gasteiger partial charge in [-0.05, 0) is 29.8 Å². The van der Waals surface area contributed by atoms with Gasteiger partial charge >= 0.3 is 0 Å². The van der Waals surface area contributed by atoms with Crippen molar-refractivity contribution >= 4 is 11.6 Å². The first-order valence-corrected chi connectivity index (χ1v) is 7.66. The number of amides is 1. The van der Waals surface area contributed by atoms with Crippen LogP contribution in [-0.4, -0.2) is 35.3 Å². The summed E-state index contributed by atoms with van der Waals surface area (Å²) in [5.41, 5.74) is 2.84. The highest BCUT2D eigenvalue weighted by molar-refractivity contribution is 6.02.